The summed E-state index contributed by atoms with van der Waals surface area (Å²) in [6.45, 7) is 0. The van der Waals surface area contributed by atoms with Gasteiger partial charge in [0.1, 0.15) is 0 Å². The van der Waals surface area contributed by atoms with Crippen LogP contribution in [0, 0.1) is 11.3 Å². The number of primary amides is 1. The van der Waals surface area contributed by atoms with Gasteiger partial charge in [-0.05, 0) is 42.5 Å². The summed E-state index contributed by atoms with van der Waals surface area (Å²) in [4.78, 5) is 23.2. The maximum Gasteiger partial charge on any atom is 0.255 e. The van der Waals surface area contributed by atoms with Gasteiger partial charge in [-0.3, -0.25) is 9.59 Å². The van der Waals surface area contributed by atoms with Crippen molar-refractivity contribution in [1.29, 1.82) is 5.26 Å². The number of halogens is 1. The molecule has 0 saturated heterocycles. The zero-order valence-corrected chi connectivity index (χ0v) is 11.5. The highest BCUT2D eigenvalue weighted by Gasteiger charge is 2.10. The maximum atomic E-state index is 12.0. The first-order valence-electron chi connectivity index (χ1n) is 5.92. The third-order valence-corrected chi connectivity index (χ3v) is 3.10. The van der Waals surface area contributed by atoms with Gasteiger partial charge in [0.15, 0.2) is 0 Å². The van der Waals surface area contributed by atoms with Crippen LogP contribution in [-0.2, 0) is 0 Å². The van der Waals surface area contributed by atoms with Crippen molar-refractivity contribution in [2.75, 3.05) is 5.32 Å². The second-order valence-electron chi connectivity index (χ2n) is 4.20. The largest absolute Gasteiger partial charge is 0.366 e. The zero-order chi connectivity index (χ0) is 15.4. The van der Waals surface area contributed by atoms with Crippen molar-refractivity contribution in [3.8, 4) is 6.07 Å². The van der Waals surface area contributed by atoms with Crippen molar-refractivity contribution in [3.05, 3.63) is 64.2 Å². The van der Waals surface area contributed by atoms with Gasteiger partial charge in [-0.1, -0.05) is 11.6 Å². The lowest BCUT2D eigenvalue weighted by Gasteiger charge is -2.07. The topological polar surface area (TPSA) is 96.0 Å². The number of benzene rings is 2. The third kappa shape index (κ3) is 3.38. The first-order valence-corrected chi connectivity index (χ1v) is 6.30. The number of nitriles is 1. The fraction of sp³-hybridized carbons (Fsp3) is 0. The summed E-state index contributed by atoms with van der Waals surface area (Å²) >= 11 is 5.83. The predicted molar refractivity (Wildman–Crippen MR) is 79.1 cm³/mol. The van der Waals surface area contributed by atoms with Crippen LogP contribution in [0.5, 0.6) is 0 Å². The minimum atomic E-state index is -0.672. The van der Waals surface area contributed by atoms with E-state index in [0.717, 1.165) is 0 Å². The Morgan fingerprint density at radius 2 is 1.81 bits per heavy atom. The quantitative estimate of drug-likeness (QED) is 0.911. The van der Waals surface area contributed by atoms with E-state index in [4.69, 9.17) is 22.6 Å². The molecule has 0 aliphatic rings. The van der Waals surface area contributed by atoms with Crippen molar-refractivity contribution in [3.63, 3.8) is 0 Å². The smallest absolute Gasteiger partial charge is 0.255 e. The number of rotatable bonds is 3. The van der Waals surface area contributed by atoms with Gasteiger partial charge >= 0.3 is 0 Å². The molecule has 104 valence electrons. The number of anilines is 1. The minimum absolute atomic E-state index is 0.134. The zero-order valence-electron chi connectivity index (χ0n) is 10.8. The fourth-order valence-corrected chi connectivity index (χ4v) is 1.90. The van der Waals surface area contributed by atoms with Crippen molar-refractivity contribution in [1.82, 2.24) is 0 Å². The summed E-state index contributed by atoms with van der Waals surface area (Å²) in [6, 6.07) is 12.6. The van der Waals surface area contributed by atoms with Gasteiger partial charge < -0.3 is 11.1 Å². The maximum absolute atomic E-state index is 12.0. The molecule has 0 spiro atoms. The Labute approximate surface area is 125 Å². The number of hydrogen-bond donors (Lipinski definition) is 2. The highest BCUT2D eigenvalue weighted by Crippen LogP contribution is 2.20. The van der Waals surface area contributed by atoms with Gasteiger partial charge in [0, 0.05) is 11.3 Å². The molecule has 0 saturated carbocycles. The van der Waals surface area contributed by atoms with Crippen LogP contribution in [0.2, 0.25) is 5.02 Å². The van der Waals surface area contributed by atoms with E-state index in [0.29, 0.717) is 16.8 Å². The van der Waals surface area contributed by atoms with Crippen molar-refractivity contribution in [2.45, 2.75) is 0 Å². The Balaban J connectivity index is 2.21. The average Bonchev–Trinajstić information content (AvgIpc) is 2.49. The molecule has 0 unspecified atom stereocenters. The summed E-state index contributed by atoms with van der Waals surface area (Å²) in [6.07, 6.45) is 0. The molecule has 0 bridgehead atoms. The average molecular weight is 300 g/mol. The molecule has 3 N–H and O–H groups in total. The number of nitrogens with two attached hydrogens (primary N) is 1. The monoisotopic (exact) mass is 299 g/mol. The number of nitrogens with one attached hydrogen (secondary N) is 1. The fourth-order valence-electron chi connectivity index (χ4n) is 1.69. The molecule has 0 fully saturated rings. The van der Waals surface area contributed by atoms with Crippen LogP contribution >= 0.6 is 11.6 Å². The molecule has 2 amide bonds. The normalized spacial score (nSPS) is 9.71. The predicted octanol–water partition coefficient (Wildman–Crippen LogP) is 2.56. The first kappa shape index (κ1) is 14.6. The summed E-state index contributed by atoms with van der Waals surface area (Å²) < 4.78 is 0. The van der Waals surface area contributed by atoms with E-state index in [1.165, 1.54) is 12.1 Å². The molecule has 2 aromatic rings. The lowest BCUT2D eigenvalue weighted by molar-refractivity contribution is 0.0996. The highest BCUT2D eigenvalue weighted by molar-refractivity contribution is 6.34. The van der Waals surface area contributed by atoms with Crippen molar-refractivity contribution in [2.24, 2.45) is 5.73 Å². The SMILES string of the molecule is N#Cc1ccc(C(=O)Nc2ccc(Cl)c(C(N)=O)c2)cc1. The van der Waals surface area contributed by atoms with Gasteiger partial charge in [-0.2, -0.15) is 5.26 Å². The summed E-state index contributed by atoms with van der Waals surface area (Å²) in [5.41, 5.74) is 6.59. The van der Waals surface area contributed by atoms with Gasteiger partial charge in [0.25, 0.3) is 5.91 Å². The van der Waals surface area contributed by atoms with Crippen LogP contribution in [0.4, 0.5) is 5.69 Å². The van der Waals surface area contributed by atoms with E-state index in [2.05, 4.69) is 5.32 Å². The molecule has 2 aromatic carbocycles. The molecule has 0 aromatic heterocycles. The van der Waals surface area contributed by atoms with E-state index >= 15 is 0 Å². The van der Waals surface area contributed by atoms with Crippen molar-refractivity contribution < 1.29 is 9.59 Å². The first-order chi connectivity index (χ1) is 10.0. The standard InChI is InChI=1S/C15H10ClN3O2/c16-13-6-5-11(7-12(13)14(18)20)19-15(21)10-3-1-9(8-17)2-4-10/h1-7H,(H2,18,20)(H,19,21). The second kappa shape index (κ2) is 6.07. The molecule has 2 rings (SSSR count). The van der Waals surface area contributed by atoms with E-state index in [1.54, 1.807) is 30.3 Å². The Bertz CT molecular complexity index is 749. The summed E-state index contributed by atoms with van der Waals surface area (Å²) in [5.74, 6) is -1.04. The van der Waals surface area contributed by atoms with Crippen molar-refractivity contribution >= 4 is 29.1 Å². The molecule has 0 aliphatic heterocycles. The van der Waals surface area contributed by atoms with E-state index in [1.807, 2.05) is 6.07 Å². The van der Waals surface area contributed by atoms with Crippen LogP contribution in [0.25, 0.3) is 0 Å². The Kier molecular flexibility index (Phi) is 4.21. The Morgan fingerprint density at radius 3 is 2.38 bits per heavy atom. The van der Waals surface area contributed by atoms with Crippen LogP contribution in [-0.4, -0.2) is 11.8 Å². The minimum Gasteiger partial charge on any atom is -0.366 e. The molecule has 21 heavy (non-hydrogen) atoms. The van der Waals surface area contributed by atoms with Gasteiger partial charge in [-0.15, -0.1) is 0 Å². The second-order valence-corrected chi connectivity index (χ2v) is 4.61. The molecular formula is C15H10ClN3O2. The molecule has 0 heterocycles. The molecule has 5 nitrogen and oxygen atoms in total. The van der Waals surface area contributed by atoms with Gasteiger partial charge in [0.05, 0.1) is 22.2 Å². The molecule has 0 radical (unpaired) electrons. The lowest BCUT2D eigenvalue weighted by atomic mass is 10.1. The number of nitrogens with zero attached hydrogens (tertiary/aromatic N) is 1. The molecule has 0 atom stereocenters. The van der Waals surface area contributed by atoms with E-state index in [9.17, 15) is 9.59 Å². The van der Waals surface area contributed by atoms with E-state index in [-0.39, 0.29) is 16.5 Å². The van der Waals surface area contributed by atoms with Gasteiger partial charge in [-0.25, -0.2) is 0 Å². The highest BCUT2D eigenvalue weighted by atomic mass is 35.5. The van der Waals surface area contributed by atoms with Crippen LogP contribution < -0.4 is 11.1 Å². The third-order valence-electron chi connectivity index (χ3n) is 2.77. The van der Waals surface area contributed by atoms with Crippen LogP contribution in [0.1, 0.15) is 26.3 Å². The molecule has 0 aliphatic carbocycles. The summed E-state index contributed by atoms with van der Waals surface area (Å²) in [7, 11) is 0. The Morgan fingerprint density at radius 1 is 1.14 bits per heavy atom. The van der Waals surface area contributed by atoms with E-state index < -0.39 is 5.91 Å². The number of hydrogen-bond acceptors (Lipinski definition) is 3. The Hall–Kier alpha value is -2.84. The lowest BCUT2D eigenvalue weighted by Crippen LogP contribution is -2.15. The number of carbonyl (C=O) groups is 2. The molecular weight excluding hydrogens is 290 g/mol. The summed E-state index contributed by atoms with van der Waals surface area (Å²) in [5, 5.41) is 11.6. The molecule has 6 heteroatoms. The number of carbonyl (C=O) groups excluding carboxylic acids is 2. The van der Waals surface area contributed by atoms with Crippen LogP contribution in [0.15, 0.2) is 42.5 Å². The number of amides is 2. The van der Waals surface area contributed by atoms with Gasteiger partial charge in [0.2, 0.25) is 5.91 Å². The van der Waals surface area contributed by atoms with Crippen LogP contribution in [0.3, 0.4) is 0 Å².